The van der Waals surface area contributed by atoms with E-state index in [-0.39, 0.29) is 5.91 Å². The van der Waals surface area contributed by atoms with Gasteiger partial charge in [-0.2, -0.15) is 0 Å². The highest BCUT2D eigenvalue weighted by Gasteiger charge is 2.44. The second kappa shape index (κ2) is 3.83. The van der Waals surface area contributed by atoms with Crippen molar-refractivity contribution < 1.29 is 4.79 Å². The number of anilines is 1. The third-order valence-corrected chi connectivity index (χ3v) is 4.90. The van der Waals surface area contributed by atoms with E-state index in [1.54, 1.807) is 4.90 Å². The molecule has 1 fully saturated rings. The molecule has 0 unspecified atom stereocenters. The minimum Gasteiger partial charge on any atom is -0.330 e. The normalized spacial score (nSPS) is 22.5. The summed E-state index contributed by atoms with van der Waals surface area (Å²) in [6, 6.07) is 6.45. The van der Waals surface area contributed by atoms with Crippen LogP contribution < -0.4 is 10.6 Å². The number of nitrogens with zero attached hydrogens (tertiary/aromatic N) is 1. The van der Waals surface area contributed by atoms with Crippen LogP contribution in [0.4, 0.5) is 5.69 Å². The maximum absolute atomic E-state index is 12.3. The van der Waals surface area contributed by atoms with Gasteiger partial charge in [0.25, 0.3) is 0 Å². The van der Waals surface area contributed by atoms with E-state index in [9.17, 15) is 4.79 Å². The highest BCUT2D eigenvalue weighted by Crippen LogP contribution is 2.48. The first-order chi connectivity index (χ1) is 8.89. The van der Waals surface area contributed by atoms with E-state index >= 15 is 0 Å². The van der Waals surface area contributed by atoms with Crippen LogP contribution in [0.25, 0.3) is 0 Å². The zero-order valence-corrected chi connectivity index (χ0v) is 12.0. The number of amides is 1. The molecule has 0 bridgehead atoms. The Kier molecular flexibility index (Phi) is 2.55. The Morgan fingerprint density at radius 2 is 2.00 bits per heavy atom. The number of carbonyl (C=O) groups excluding carboxylic acids is 1. The number of nitrogens with two attached hydrogens (primary N) is 1. The summed E-state index contributed by atoms with van der Waals surface area (Å²) in [6.07, 6.45) is 3.52. The number of hydrogen-bond acceptors (Lipinski definition) is 2. The molecule has 1 saturated carbocycles. The van der Waals surface area contributed by atoms with Crippen LogP contribution in [0.15, 0.2) is 18.2 Å². The van der Waals surface area contributed by atoms with E-state index in [0.29, 0.717) is 5.41 Å². The Labute approximate surface area is 114 Å². The fourth-order valence-corrected chi connectivity index (χ4v) is 3.19. The van der Waals surface area contributed by atoms with Gasteiger partial charge in [0.2, 0.25) is 5.91 Å². The predicted octanol–water partition coefficient (Wildman–Crippen LogP) is 2.22. The molecular weight excluding hydrogens is 236 g/mol. The van der Waals surface area contributed by atoms with Gasteiger partial charge in [-0.3, -0.25) is 4.79 Å². The van der Waals surface area contributed by atoms with Crippen LogP contribution in [0.5, 0.6) is 0 Å². The molecule has 3 heteroatoms. The number of fused-ring (bicyclic) bond motifs is 1. The second-order valence-electron chi connectivity index (χ2n) is 6.72. The average molecular weight is 258 g/mol. The molecule has 0 spiro atoms. The predicted molar refractivity (Wildman–Crippen MR) is 77.3 cm³/mol. The van der Waals surface area contributed by atoms with Crippen LogP contribution in [0.3, 0.4) is 0 Å². The standard InChI is InChI=1S/C16H22N2O/c1-15(2)12-8-11(9-16(10-17)6-7-16)4-5-13(12)18(3)14(15)19/h4-5,8H,6-7,9-10,17H2,1-3H3. The summed E-state index contributed by atoms with van der Waals surface area (Å²) in [7, 11) is 1.86. The van der Waals surface area contributed by atoms with Crippen molar-refractivity contribution in [1.29, 1.82) is 0 Å². The van der Waals surface area contributed by atoms with E-state index in [4.69, 9.17) is 5.73 Å². The van der Waals surface area contributed by atoms with Crippen LogP contribution in [0.2, 0.25) is 0 Å². The Balaban J connectivity index is 1.97. The molecule has 1 heterocycles. The first kappa shape index (κ1) is 12.7. The molecule has 1 aromatic rings. The van der Waals surface area contributed by atoms with Crippen molar-refractivity contribution in [3.05, 3.63) is 29.3 Å². The topological polar surface area (TPSA) is 46.3 Å². The summed E-state index contributed by atoms with van der Waals surface area (Å²) in [5, 5.41) is 0. The van der Waals surface area contributed by atoms with Crippen molar-refractivity contribution in [1.82, 2.24) is 0 Å². The van der Waals surface area contributed by atoms with Crippen LogP contribution in [-0.2, 0) is 16.6 Å². The van der Waals surface area contributed by atoms with E-state index < -0.39 is 5.41 Å². The van der Waals surface area contributed by atoms with Gasteiger partial charge in [0.1, 0.15) is 0 Å². The van der Waals surface area contributed by atoms with Gasteiger partial charge in [0, 0.05) is 12.7 Å². The van der Waals surface area contributed by atoms with Crippen LogP contribution in [0.1, 0.15) is 37.8 Å². The fraction of sp³-hybridized carbons (Fsp3) is 0.562. The Hall–Kier alpha value is -1.35. The highest BCUT2D eigenvalue weighted by atomic mass is 16.2. The first-order valence-electron chi connectivity index (χ1n) is 7.01. The van der Waals surface area contributed by atoms with Gasteiger partial charge in [-0.15, -0.1) is 0 Å². The summed E-state index contributed by atoms with van der Waals surface area (Å²) < 4.78 is 0. The Bertz CT molecular complexity index is 544. The van der Waals surface area contributed by atoms with Crippen LogP contribution in [0, 0.1) is 5.41 Å². The first-order valence-corrected chi connectivity index (χ1v) is 7.01. The van der Waals surface area contributed by atoms with Crippen molar-refractivity contribution in [3.8, 4) is 0 Å². The second-order valence-corrected chi connectivity index (χ2v) is 6.72. The Morgan fingerprint density at radius 1 is 1.32 bits per heavy atom. The molecule has 1 aliphatic carbocycles. The highest BCUT2D eigenvalue weighted by molar-refractivity contribution is 6.07. The molecule has 0 radical (unpaired) electrons. The zero-order chi connectivity index (χ0) is 13.8. The quantitative estimate of drug-likeness (QED) is 0.903. The lowest BCUT2D eigenvalue weighted by Crippen LogP contribution is -2.33. The van der Waals surface area contributed by atoms with Gasteiger partial charge < -0.3 is 10.6 Å². The Morgan fingerprint density at radius 3 is 2.58 bits per heavy atom. The average Bonchev–Trinajstić information content (AvgIpc) is 3.14. The maximum atomic E-state index is 12.3. The van der Waals surface area contributed by atoms with Crippen molar-refractivity contribution in [2.45, 2.75) is 38.5 Å². The molecule has 3 rings (SSSR count). The lowest BCUT2D eigenvalue weighted by Gasteiger charge is -2.18. The molecule has 0 aromatic heterocycles. The number of benzene rings is 1. The molecule has 2 aliphatic rings. The summed E-state index contributed by atoms with van der Waals surface area (Å²) in [5.74, 6) is 0.180. The SMILES string of the molecule is CN1C(=O)C(C)(C)c2cc(CC3(CN)CC3)ccc21. The molecule has 0 atom stereocenters. The third-order valence-electron chi connectivity index (χ3n) is 4.90. The van der Waals surface area contributed by atoms with Gasteiger partial charge in [0.15, 0.2) is 0 Å². The van der Waals surface area contributed by atoms with Crippen molar-refractivity contribution >= 4 is 11.6 Å². The molecule has 1 aromatic carbocycles. The summed E-state index contributed by atoms with van der Waals surface area (Å²) in [4.78, 5) is 14.0. The van der Waals surface area contributed by atoms with Gasteiger partial charge in [-0.25, -0.2) is 0 Å². The van der Waals surface area contributed by atoms with E-state index in [2.05, 4.69) is 18.2 Å². The number of hydrogen-bond donors (Lipinski definition) is 1. The lowest BCUT2D eigenvalue weighted by molar-refractivity contribution is -0.121. The molecule has 102 valence electrons. The summed E-state index contributed by atoms with van der Waals surface area (Å²) in [5.41, 5.74) is 9.33. The van der Waals surface area contributed by atoms with Gasteiger partial charge >= 0.3 is 0 Å². The molecular formula is C16H22N2O. The summed E-state index contributed by atoms with van der Waals surface area (Å²) >= 11 is 0. The molecule has 3 nitrogen and oxygen atoms in total. The number of carbonyl (C=O) groups is 1. The monoisotopic (exact) mass is 258 g/mol. The van der Waals surface area contributed by atoms with Crippen LogP contribution in [-0.4, -0.2) is 19.5 Å². The number of likely N-dealkylation sites (N-methyl/N-ethyl adjacent to an activating group) is 1. The largest absolute Gasteiger partial charge is 0.330 e. The molecule has 1 aliphatic heterocycles. The molecule has 19 heavy (non-hydrogen) atoms. The molecule has 2 N–H and O–H groups in total. The zero-order valence-electron chi connectivity index (χ0n) is 12.0. The number of rotatable bonds is 3. The maximum Gasteiger partial charge on any atom is 0.236 e. The molecule has 1 amide bonds. The smallest absolute Gasteiger partial charge is 0.236 e. The lowest BCUT2D eigenvalue weighted by atomic mass is 9.84. The van der Waals surface area contributed by atoms with Crippen molar-refractivity contribution in [2.24, 2.45) is 11.1 Å². The third kappa shape index (κ3) is 1.79. The molecule has 0 saturated heterocycles. The summed E-state index contributed by atoms with van der Waals surface area (Å²) in [6.45, 7) is 4.79. The van der Waals surface area contributed by atoms with Gasteiger partial charge in [-0.05, 0) is 62.3 Å². The van der Waals surface area contributed by atoms with Gasteiger partial charge in [0.05, 0.1) is 5.41 Å². The van der Waals surface area contributed by atoms with Crippen molar-refractivity contribution in [3.63, 3.8) is 0 Å². The van der Waals surface area contributed by atoms with Crippen LogP contribution >= 0.6 is 0 Å². The minimum atomic E-state index is -0.403. The van der Waals surface area contributed by atoms with Crippen molar-refractivity contribution in [2.75, 3.05) is 18.5 Å². The fourth-order valence-electron chi connectivity index (χ4n) is 3.19. The van der Waals surface area contributed by atoms with E-state index in [1.165, 1.54) is 18.4 Å². The van der Waals surface area contributed by atoms with Gasteiger partial charge in [-0.1, -0.05) is 12.1 Å². The van der Waals surface area contributed by atoms with E-state index in [1.807, 2.05) is 20.9 Å². The van der Waals surface area contributed by atoms with E-state index in [0.717, 1.165) is 24.2 Å². The minimum absolute atomic E-state index is 0.180.